The fourth-order valence-electron chi connectivity index (χ4n) is 5.39. The van der Waals surface area contributed by atoms with E-state index in [1.807, 2.05) is 0 Å². The molecule has 6 aliphatic carbocycles. The molecule has 0 heterocycles. The van der Waals surface area contributed by atoms with Gasteiger partial charge in [0.15, 0.2) is 0 Å². The van der Waals surface area contributed by atoms with Gasteiger partial charge in [-0.2, -0.15) is 77.0 Å². The second kappa shape index (κ2) is 49.5. The van der Waals surface area contributed by atoms with Crippen LogP contribution in [0.1, 0.15) is 193 Å². The van der Waals surface area contributed by atoms with E-state index in [9.17, 15) is 0 Å². The Bertz CT molecular complexity index is 208. The zero-order valence-corrected chi connectivity index (χ0v) is 30.9. The van der Waals surface area contributed by atoms with Gasteiger partial charge in [0.25, 0.3) is 0 Å². The van der Waals surface area contributed by atoms with Crippen LogP contribution in [-0.2, 0) is 85.3 Å². The second-order valence-electron chi connectivity index (χ2n) is 11.6. The molecule has 6 saturated carbocycles. The first-order valence-electron chi connectivity index (χ1n) is 16.9. The fraction of sp³-hybridized carbons (Fsp3) is 0.833. The van der Waals surface area contributed by atoms with Crippen molar-refractivity contribution in [1.82, 2.24) is 0 Å². The van der Waals surface area contributed by atoms with Gasteiger partial charge >= 0.3 is 0 Å². The Labute approximate surface area is 313 Å². The largest absolute Gasteiger partial charge is 0.328 e. The maximum atomic E-state index is 2.39. The minimum atomic E-state index is 0. The quantitative estimate of drug-likeness (QED) is 0.169. The van der Waals surface area contributed by atoms with Gasteiger partial charge in [-0.3, -0.25) is 0 Å². The third-order valence-electron chi connectivity index (χ3n) is 7.90. The molecule has 0 aromatic carbocycles. The summed E-state index contributed by atoms with van der Waals surface area (Å²) in [6.45, 7) is 0. The van der Waals surface area contributed by atoms with Gasteiger partial charge in [0.1, 0.15) is 0 Å². The van der Waals surface area contributed by atoms with E-state index in [1.165, 1.54) is 193 Å². The zero-order valence-electron chi connectivity index (χ0n) is 26.2. The summed E-state index contributed by atoms with van der Waals surface area (Å²) in [5.41, 5.74) is 0. The van der Waals surface area contributed by atoms with Crippen LogP contribution < -0.4 is 0 Å². The predicted molar refractivity (Wildman–Crippen MR) is 164 cm³/mol. The van der Waals surface area contributed by atoms with Crippen LogP contribution in [0.25, 0.3) is 0 Å². The van der Waals surface area contributed by atoms with Crippen LogP contribution >= 0.6 is 0 Å². The Morgan fingerprint density at radius 2 is 0.244 bits per heavy atom. The first kappa shape index (κ1) is 53.1. The Morgan fingerprint density at radius 1 is 0.146 bits per heavy atom. The van der Waals surface area contributed by atoms with Crippen molar-refractivity contribution in [1.29, 1.82) is 0 Å². The minimum absolute atomic E-state index is 0. The summed E-state index contributed by atoms with van der Waals surface area (Å²) in [5, 5.41) is 0. The average Bonchev–Trinajstić information content (AvgIpc) is 3.04. The van der Waals surface area contributed by atoms with Gasteiger partial charge in [-0.1, -0.05) is 116 Å². The molecule has 5 radical (unpaired) electrons. The standard InChI is InChI=1S/6C6H11.5Cu/c6*1-2-4-6-5-3-1;;;;;/h6*1H,2-6H2;;;;;/q6*-1;;;;;. The van der Waals surface area contributed by atoms with Crippen molar-refractivity contribution in [2.75, 3.05) is 0 Å². The molecule has 0 nitrogen and oxygen atoms in total. The number of hydrogen-bond donors (Lipinski definition) is 0. The van der Waals surface area contributed by atoms with Crippen molar-refractivity contribution in [3.8, 4) is 0 Å². The molecular weight excluding hydrogens is 750 g/mol. The van der Waals surface area contributed by atoms with E-state index >= 15 is 0 Å². The van der Waals surface area contributed by atoms with E-state index < -0.39 is 0 Å². The van der Waals surface area contributed by atoms with Crippen LogP contribution in [0.3, 0.4) is 0 Å². The van der Waals surface area contributed by atoms with Crippen LogP contribution in [0.5, 0.6) is 0 Å². The summed E-state index contributed by atoms with van der Waals surface area (Å²) in [6, 6.07) is 0. The molecule has 0 aliphatic heterocycles. The van der Waals surface area contributed by atoms with Crippen molar-refractivity contribution >= 4 is 0 Å². The van der Waals surface area contributed by atoms with E-state index in [0.717, 1.165) is 0 Å². The monoisotopic (exact) mass is 813 g/mol. The number of hydrogen-bond acceptors (Lipinski definition) is 0. The summed E-state index contributed by atoms with van der Waals surface area (Å²) in [6.07, 6.45) is 57.0. The molecule has 6 rings (SSSR count). The molecule has 6 aliphatic rings. The van der Waals surface area contributed by atoms with E-state index in [-0.39, 0.29) is 85.3 Å². The molecule has 0 aromatic heterocycles. The molecule has 271 valence electrons. The smallest absolute Gasteiger partial charge is 0 e. The minimum Gasteiger partial charge on any atom is -0.328 e. The third-order valence-corrected chi connectivity index (χ3v) is 7.90. The SMILES string of the molecule is [CH-]1CCCCC1.[CH-]1CCCCC1.[CH-]1CCCCC1.[CH-]1CCCCC1.[CH-]1CCCCC1.[CH-]1CCCCC1.[Cu].[Cu].[Cu].[Cu].[Cu]. The molecule has 0 spiro atoms. The fourth-order valence-corrected chi connectivity index (χ4v) is 5.39. The van der Waals surface area contributed by atoms with Gasteiger partial charge in [0.2, 0.25) is 0 Å². The van der Waals surface area contributed by atoms with Crippen molar-refractivity contribution < 1.29 is 85.3 Å². The molecular formula is C36H66Cu5-6. The number of rotatable bonds is 0. The maximum absolute atomic E-state index is 2.39. The van der Waals surface area contributed by atoms with Gasteiger partial charge in [-0.25, -0.2) is 0 Å². The van der Waals surface area contributed by atoms with Crippen molar-refractivity contribution in [2.24, 2.45) is 0 Å². The third kappa shape index (κ3) is 47.1. The van der Waals surface area contributed by atoms with Crippen molar-refractivity contribution in [2.45, 2.75) is 193 Å². The molecule has 41 heavy (non-hydrogen) atoms. The van der Waals surface area contributed by atoms with Gasteiger partial charge in [0, 0.05) is 85.3 Å². The molecule has 0 saturated heterocycles. The van der Waals surface area contributed by atoms with Crippen LogP contribution in [0, 0.1) is 38.5 Å². The van der Waals surface area contributed by atoms with Gasteiger partial charge < -0.3 is 38.5 Å². The van der Waals surface area contributed by atoms with Crippen LogP contribution in [-0.4, -0.2) is 0 Å². The van der Waals surface area contributed by atoms with Crippen molar-refractivity contribution in [3.63, 3.8) is 0 Å². The van der Waals surface area contributed by atoms with E-state index in [0.29, 0.717) is 0 Å². The van der Waals surface area contributed by atoms with E-state index in [4.69, 9.17) is 0 Å². The van der Waals surface area contributed by atoms with Gasteiger partial charge in [0.05, 0.1) is 0 Å². The molecule has 0 amide bonds. The molecule has 0 aromatic rings. The first-order chi connectivity index (χ1) is 18.0. The first-order valence-corrected chi connectivity index (χ1v) is 16.9. The van der Waals surface area contributed by atoms with Crippen LogP contribution in [0.4, 0.5) is 0 Å². The molecule has 0 unspecified atom stereocenters. The molecule has 0 atom stereocenters. The van der Waals surface area contributed by atoms with Crippen LogP contribution in [0.15, 0.2) is 0 Å². The molecule has 0 bridgehead atoms. The van der Waals surface area contributed by atoms with E-state index in [2.05, 4.69) is 38.5 Å². The van der Waals surface area contributed by atoms with Gasteiger partial charge in [-0.05, 0) is 0 Å². The Morgan fingerprint density at radius 3 is 0.268 bits per heavy atom. The summed E-state index contributed by atoms with van der Waals surface area (Å²) >= 11 is 0. The molecule has 0 N–H and O–H groups in total. The Kier molecular flexibility index (Phi) is 64.1. The molecule has 6 fully saturated rings. The molecule has 5 heteroatoms. The van der Waals surface area contributed by atoms with E-state index in [1.54, 1.807) is 0 Å². The Hall–Kier alpha value is 2.60. The Balaban J connectivity index is -0.000000123. The summed E-state index contributed by atoms with van der Waals surface area (Å²) in [5.74, 6) is 0. The average molecular weight is 817 g/mol. The topological polar surface area (TPSA) is 0 Å². The zero-order chi connectivity index (χ0) is 25.5. The van der Waals surface area contributed by atoms with Crippen LogP contribution in [0.2, 0.25) is 0 Å². The van der Waals surface area contributed by atoms with Gasteiger partial charge in [-0.15, -0.1) is 0 Å². The maximum Gasteiger partial charge on any atom is 0 e. The predicted octanol–water partition coefficient (Wildman–Crippen LogP) is 12.9. The van der Waals surface area contributed by atoms with Crippen molar-refractivity contribution in [3.05, 3.63) is 38.5 Å². The normalized spacial score (nSPS) is 21.1. The summed E-state index contributed by atoms with van der Waals surface area (Å²) < 4.78 is 0. The summed E-state index contributed by atoms with van der Waals surface area (Å²) in [7, 11) is 0. The second-order valence-corrected chi connectivity index (χ2v) is 11.6. The summed E-state index contributed by atoms with van der Waals surface area (Å²) in [4.78, 5) is 0.